The van der Waals surface area contributed by atoms with E-state index >= 15 is 0 Å². The summed E-state index contributed by atoms with van der Waals surface area (Å²) in [5.41, 5.74) is 14.8. The molecule has 6 nitrogen and oxygen atoms in total. The van der Waals surface area contributed by atoms with Crippen LogP contribution in [0.4, 0.5) is 0 Å². The molecule has 0 aromatic heterocycles. The Morgan fingerprint density at radius 2 is 1.92 bits per heavy atom. The molecule has 0 aliphatic heterocycles. The summed E-state index contributed by atoms with van der Waals surface area (Å²) in [6.45, 7) is 0.273. The third kappa shape index (κ3) is 2.90. The van der Waals surface area contributed by atoms with E-state index in [-0.39, 0.29) is 18.5 Å². The van der Waals surface area contributed by atoms with Crippen LogP contribution in [0.3, 0.4) is 0 Å². The van der Waals surface area contributed by atoms with E-state index in [1.165, 1.54) is 0 Å². The fourth-order valence-electron chi connectivity index (χ4n) is 1.14. The molecule has 0 spiro atoms. The first-order valence-electron chi connectivity index (χ1n) is 4.14. The van der Waals surface area contributed by atoms with Gasteiger partial charge in [0.2, 0.25) is 5.96 Å². The van der Waals surface area contributed by atoms with Gasteiger partial charge in [0.25, 0.3) is 0 Å². The fourth-order valence-corrected chi connectivity index (χ4v) is 1.14. The van der Waals surface area contributed by atoms with Crippen molar-refractivity contribution in [3.05, 3.63) is 0 Å². The summed E-state index contributed by atoms with van der Waals surface area (Å²) < 4.78 is 0. The zero-order chi connectivity index (χ0) is 9.90. The monoisotopic (exact) mass is 185 g/mol. The van der Waals surface area contributed by atoms with Gasteiger partial charge in [0, 0.05) is 0 Å². The van der Waals surface area contributed by atoms with Crippen molar-refractivity contribution in [3.8, 4) is 0 Å². The second-order valence-electron chi connectivity index (χ2n) is 3.29. The van der Waals surface area contributed by atoms with Crippen LogP contribution in [0.15, 0.2) is 9.98 Å². The molecule has 0 unspecified atom stereocenters. The van der Waals surface area contributed by atoms with Gasteiger partial charge in [0.05, 0.1) is 12.1 Å². The van der Waals surface area contributed by atoms with Crippen LogP contribution in [0.25, 0.3) is 0 Å². The molecule has 1 aliphatic carbocycles. The topological polar surface area (TPSA) is 123 Å². The molecule has 0 heterocycles. The lowest BCUT2D eigenvalue weighted by Crippen LogP contribution is -2.40. The molecule has 0 atom stereocenters. The number of hydrogen-bond acceptors (Lipinski definition) is 2. The largest absolute Gasteiger partial charge is 0.388 e. The highest BCUT2D eigenvalue weighted by atomic mass is 16.3. The summed E-state index contributed by atoms with van der Waals surface area (Å²) in [4.78, 5) is 7.38. The maximum Gasteiger partial charge on any atom is 0.218 e. The van der Waals surface area contributed by atoms with Crippen LogP contribution < -0.4 is 17.2 Å². The molecular weight excluding hydrogens is 170 g/mol. The Bertz CT molecular complexity index is 239. The predicted octanol–water partition coefficient (Wildman–Crippen LogP) is -1.51. The predicted molar refractivity (Wildman–Crippen MR) is 51.1 cm³/mol. The summed E-state index contributed by atoms with van der Waals surface area (Å²) in [6, 6.07) is 0. The quantitative estimate of drug-likeness (QED) is 0.308. The van der Waals surface area contributed by atoms with Crippen LogP contribution in [0.2, 0.25) is 0 Å². The van der Waals surface area contributed by atoms with Crippen molar-refractivity contribution in [2.24, 2.45) is 27.2 Å². The highest BCUT2D eigenvalue weighted by Gasteiger charge is 2.33. The average Bonchev–Trinajstić information content (AvgIpc) is 1.96. The number of hydrogen-bond donors (Lipinski definition) is 4. The average molecular weight is 185 g/mol. The molecule has 0 radical (unpaired) electrons. The van der Waals surface area contributed by atoms with E-state index in [4.69, 9.17) is 17.2 Å². The van der Waals surface area contributed by atoms with E-state index in [0.29, 0.717) is 0 Å². The van der Waals surface area contributed by atoms with Crippen molar-refractivity contribution in [1.29, 1.82) is 0 Å². The van der Waals surface area contributed by atoms with Gasteiger partial charge >= 0.3 is 0 Å². The van der Waals surface area contributed by atoms with Crippen LogP contribution in [-0.4, -0.2) is 29.2 Å². The number of aliphatic imine (C=N–C) groups is 2. The lowest BCUT2D eigenvalue weighted by atomic mass is 9.80. The van der Waals surface area contributed by atoms with E-state index in [1.807, 2.05) is 0 Å². The Kier molecular flexibility index (Phi) is 2.72. The first kappa shape index (κ1) is 9.79. The maximum atomic E-state index is 9.62. The van der Waals surface area contributed by atoms with E-state index in [0.717, 1.165) is 19.3 Å². The molecule has 0 aromatic rings. The Labute approximate surface area is 76.5 Å². The molecule has 6 heteroatoms. The SMILES string of the molecule is NC(N)=NC(N)=NCC1(O)CCC1. The van der Waals surface area contributed by atoms with Crippen LogP contribution in [0.1, 0.15) is 19.3 Å². The molecule has 0 amide bonds. The van der Waals surface area contributed by atoms with Crippen LogP contribution in [0.5, 0.6) is 0 Å². The molecule has 0 bridgehead atoms. The molecule has 0 aromatic carbocycles. The molecule has 74 valence electrons. The Balaban J connectivity index is 2.43. The van der Waals surface area contributed by atoms with Gasteiger partial charge in [-0.3, -0.25) is 0 Å². The maximum absolute atomic E-state index is 9.62. The van der Waals surface area contributed by atoms with E-state index in [9.17, 15) is 5.11 Å². The smallest absolute Gasteiger partial charge is 0.218 e. The molecule has 1 aliphatic rings. The molecule has 1 fully saturated rings. The van der Waals surface area contributed by atoms with Gasteiger partial charge in [0.1, 0.15) is 0 Å². The first-order valence-corrected chi connectivity index (χ1v) is 4.14. The third-order valence-electron chi connectivity index (χ3n) is 2.06. The zero-order valence-corrected chi connectivity index (χ0v) is 7.40. The van der Waals surface area contributed by atoms with E-state index < -0.39 is 5.60 Å². The second-order valence-corrected chi connectivity index (χ2v) is 3.29. The highest BCUT2D eigenvalue weighted by Crippen LogP contribution is 2.31. The van der Waals surface area contributed by atoms with E-state index in [1.54, 1.807) is 0 Å². The van der Waals surface area contributed by atoms with Gasteiger partial charge in [-0.25, -0.2) is 4.99 Å². The summed E-state index contributed by atoms with van der Waals surface area (Å²) >= 11 is 0. The van der Waals surface area contributed by atoms with Gasteiger partial charge < -0.3 is 22.3 Å². The van der Waals surface area contributed by atoms with Gasteiger partial charge in [-0.05, 0) is 19.3 Å². The normalized spacial score (nSPS) is 20.5. The standard InChI is InChI=1S/C7H15N5O/c8-5(9)12-6(10)11-4-7(13)2-1-3-7/h13H,1-4H2,(H6,8,9,10,11,12). The molecule has 7 N–H and O–H groups in total. The summed E-state index contributed by atoms with van der Waals surface area (Å²) in [6.07, 6.45) is 2.57. The summed E-state index contributed by atoms with van der Waals surface area (Å²) in [7, 11) is 0. The van der Waals surface area contributed by atoms with Crippen LogP contribution >= 0.6 is 0 Å². The van der Waals surface area contributed by atoms with Crippen LogP contribution in [0, 0.1) is 0 Å². The van der Waals surface area contributed by atoms with Gasteiger partial charge in [0.15, 0.2) is 5.96 Å². The van der Waals surface area contributed by atoms with Crippen molar-refractivity contribution in [3.63, 3.8) is 0 Å². The van der Waals surface area contributed by atoms with Crippen molar-refractivity contribution in [1.82, 2.24) is 0 Å². The lowest BCUT2D eigenvalue weighted by molar-refractivity contribution is -0.0235. The number of rotatable bonds is 2. The minimum Gasteiger partial charge on any atom is -0.388 e. The molecule has 13 heavy (non-hydrogen) atoms. The molecule has 1 rings (SSSR count). The van der Waals surface area contributed by atoms with Crippen molar-refractivity contribution in [2.75, 3.05) is 6.54 Å². The molecule has 1 saturated carbocycles. The fraction of sp³-hybridized carbons (Fsp3) is 0.714. The van der Waals surface area contributed by atoms with Crippen molar-refractivity contribution < 1.29 is 5.11 Å². The second kappa shape index (κ2) is 3.61. The van der Waals surface area contributed by atoms with Gasteiger partial charge in [-0.2, -0.15) is 4.99 Å². The third-order valence-corrected chi connectivity index (χ3v) is 2.06. The number of nitrogens with two attached hydrogens (primary N) is 3. The summed E-state index contributed by atoms with van der Waals surface area (Å²) in [5, 5.41) is 9.62. The number of guanidine groups is 2. The van der Waals surface area contributed by atoms with Crippen molar-refractivity contribution >= 4 is 11.9 Å². The molecule has 0 saturated heterocycles. The highest BCUT2D eigenvalue weighted by molar-refractivity contribution is 5.92. The zero-order valence-electron chi connectivity index (χ0n) is 7.40. The number of nitrogens with zero attached hydrogens (tertiary/aromatic N) is 2. The van der Waals surface area contributed by atoms with Gasteiger partial charge in [-0.15, -0.1) is 0 Å². The van der Waals surface area contributed by atoms with Crippen LogP contribution in [-0.2, 0) is 0 Å². The number of aliphatic hydroxyl groups is 1. The Hall–Kier alpha value is -1.30. The first-order chi connectivity index (χ1) is 6.02. The molecular formula is C7H15N5O. The summed E-state index contributed by atoms with van der Waals surface area (Å²) in [5.74, 6) is -0.109. The Morgan fingerprint density at radius 1 is 1.31 bits per heavy atom. The van der Waals surface area contributed by atoms with Gasteiger partial charge in [-0.1, -0.05) is 0 Å². The minimum atomic E-state index is -0.677. The minimum absolute atomic E-state index is 0.0142. The Morgan fingerprint density at radius 3 is 2.31 bits per heavy atom. The van der Waals surface area contributed by atoms with Crippen molar-refractivity contribution in [2.45, 2.75) is 24.9 Å². The van der Waals surface area contributed by atoms with E-state index in [2.05, 4.69) is 9.98 Å². The lowest BCUT2D eigenvalue weighted by Gasteiger charge is -2.34.